The lowest BCUT2D eigenvalue weighted by Gasteiger charge is -2.07. The molecule has 3 nitrogen and oxygen atoms in total. The van der Waals surface area contributed by atoms with Crippen molar-refractivity contribution < 1.29 is 9.21 Å². The van der Waals surface area contributed by atoms with Crippen LogP contribution in [0.15, 0.2) is 10.5 Å². The zero-order chi connectivity index (χ0) is 8.55. The first kappa shape index (κ1) is 7.40. The molecule has 0 bridgehead atoms. The van der Waals surface area contributed by atoms with Gasteiger partial charge in [-0.25, -0.2) is 0 Å². The fraction of sp³-hybridized carbons (Fsp3) is 0.444. The number of amides is 1. The molecule has 0 aromatic carbocycles. The highest BCUT2D eigenvalue weighted by molar-refractivity contribution is 5.90. The number of furan rings is 1. The number of fused-ring (bicyclic) bond motifs is 1. The zero-order valence-electron chi connectivity index (χ0n) is 6.80. The van der Waals surface area contributed by atoms with E-state index in [0.29, 0.717) is 5.76 Å². The summed E-state index contributed by atoms with van der Waals surface area (Å²) in [4.78, 5) is 10.7. The quantitative estimate of drug-likeness (QED) is 0.681. The van der Waals surface area contributed by atoms with Gasteiger partial charge in [0.1, 0.15) is 5.76 Å². The van der Waals surface area contributed by atoms with Gasteiger partial charge in [0.05, 0.1) is 0 Å². The molecule has 64 valence electrons. The van der Waals surface area contributed by atoms with E-state index in [1.807, 2.05) is 0 Å². The fourth-order valence-electron chi connectivity index (χ4n) is 1.61. The summed E-state index contributed by atoms with van der Waals surface area (Å²) >= 11 is 0. The number of hydrogen-bond donors (Lipinski definition) is 1. The molecular formula is C9H11NO2. The standard InChI is InChI=1S/C9H11NO2/c10-9(11)8-5-6-3-1-2-4-7(6)12-8/h5H,1-4H2,(H2,10,11). The Morgan fingerprint density at radius 1 is 1.42 bits per heavy atom. The SMILES string of the molecule is NC(=O)c1cc2c(o1)CCCC2. The van der Waals surface area contributed by atoms with E-state index in [1.165, 1.54) is 6.42 Å². The summed E-state index contributed by atoms with van der Waals surface area (Å²) in [5.74, 6) is 0.793. The number of nitrogens with two attached hydrogens (primary N) is 1. The van der Waals surface area contributed by atoms with Crippen molar-refractivity contribution in [1.29, 1.82) is 0 Å². The maximum absolute atomic E-state index is 10.7. The average Bonchev–Trinajstić information content (AvgIpc) is 2.46. The maximum atomic E-state index is 10.7. The van der Waals surface area contributed by atoms with Crippen LogP contribution in [0.4, 0.5) is 0 Å². The van der Waals surface area contributed by atoms with Gasteiger partial charge in [-0.15, -0.1) is 0 Å². The molecule has 2 N–H and O–H groups in total. The summed E-state index contributed by atoms with van der Waals surface area (Å²) in [6.45, 7) is 0. The molecule has 0 aliphatic heterocycles. The fourth-order valence-corrected chi connectivity index (χ4v) is 1.61. The van der Waals surface area contributed by atoms with Gasteiger partial charge in [0, 0.05) is 6.42 Å². The van der Waals surface area contributed by atoms with Crippen molar-refractivity contribution in [3.05, 3.63) is 23.2 Å². The van der Waals surface area contributed by atoms with Crippen LogP contribution in [0.25, 0.3) is 0 Å². The number of aryl methyl sites for hydroxylation is 2. The molecule has 1 aromatic heterocycles. The zero-order valence-corrected chi connectivity index (χ0v) is 6.80. The number of rotatable bonds is 1. The molecule has 0 atom stereocenters. The topological polar surface area (TPSA) is 56.2 Å². The summed E-state index contributed by atoms with van der Waals surface area (Å²) in [6, 6.07) is 1.77. The Morgan fingerprint density at radius 3 is 2.83 bits per heavy atom. The van der Waals surface area contributed by atoms with Crippen molar-refractivity contribution in [3.8, 4) is 0 Å². The van der Waals surface area contributed by atoms with E-state index in [2.05, 4.69) is 0 Å². The van der Waals surface area contributed by atoms with Crippen LogP contribution in [-0.4, -0.2) is 5.91 Å². The van der Waals surface area contributed by atoms with Gasteiger partial charge in [0.25, 0.3) is 5.91 Å². The minimum absolute atomic E-state index is 0.307. The summed E-state index contributed by atoms with van der Waals surface area (Å²) < 4.78 is 5.29. The molecule has 0 fully saturated rings. The van der Waals surface area contributed by atoms with Crippen LogP contribution in [0.5, 0.6) is 0 Å². The van der Waals surface area contributed by atoms with Crippen LogP contribution in [0.3, 0.4) is 0 Å². The Balaban J connectivity index is 2.38. The van der Waals surface area contributed by atoms with Crippen molar-refractivity contribution in [2.75, 3.05) is 0 Å². The summed E-state index contributed by atoms with van der Waals surface area (Å²) in [5, 5.41) is 0. The second-order valence-electron chi connectivity index (χ2n) is 3.13. The van der Waals surface area contributed by atoms with Gasteiger partial charge in [-0.3, -0.25) is 4.79 Å². The van der Waals surface area contributed by atoms with E-state index < -0.39 is 5.91 Å². The molecule has 0 saturated heterocycles. The number of hydrogen-bond acceptors (Lipinski definition) is 2. The van der Waals surface area contributed by atoms with Crippen LogP contribution in [0, 0.1) is 0 Å². The number of carbonyl (C=O) groups excluding carboxylic acids is 1. The smallest absolute Gasteiger partial charge is 0.284 e. The van der Waals surface area contributed by atoms with Crippen LogP contribution in [-0.2, 0) is 12.8 Å². The second kappa shape index (κ2) is 2.66. The molecule has 0 unspecified atom stereocenters. The second-order valence-corrected chi connectivity index (χ2v) is 3.13. The molecule has 1 aliphatic rings. The lowest BCUT2D eigenvalue weighted by Crippen LogP contribution is -2.09. The Bertz CT molecular complexity index is 291. The first-order valence-electron chi connectivity index (χ1n) is 4.19. The highest BCUT2D eigenvalue weighted by atomic mass is 16.3. The van der Waals surface area contributed by atoms with Gasteiger partial charge in [-0.1, -0.05) is 0 Å². The predicted octanol–water partition coefficient (Wildman–Crippen LogP) is 1.26. The molecule has 1 heterocycles. The summed E-state index contributed by atoms with van der Waals surface area (Å²) in [5.41, 5.74) is 6.26. The monoisotopic (exact) mass is 165 g/mol. The summed E-state index contributed by atoms with van der Waals surface area (Å²) in [6.07, 6.45) is 4.30. The van der Waals surface area contributed by atoms with Gasteiger partial charge >= 0.3 is 0 Å². The van der Waals surface area contributed by atoms with Gasteiger partial charge in [-0.2, -0.15) is 0 Å². The highest BCUT2D eigenvalue weighted by Gasteiger charge is 2.16. The van der Waals surface area contributed by atoms with Crippen molar-refractivity contribution in [2.45, 2.75) is 25.7 Å². The third-order valence-corrected chi connectivity index (χ3v) is 2.24. The molecule has 12 heavy (non-hydrogen) atoms. The molecule has 1 aliphatic carbocycles. The maximum Gasteiger partial charge on any atom is 0.284 e. The summed E-state index contributed by atoms with van der Waals surface area (Å²) in [7, 11) is 0. The van der Waals surface area contributed by atoms with Crippen molar-refractivity contribution in [2.24, 2.45) is 5.73 Å². The van der Waals surface area contributed by atoms with E-state index in [1.54, 1.807) is 6.07 Å². The van der Waals surface area contributed by atoms with Gasteiger partial charge in [0.2, 0.25) is 0 Å². The predicted molar refractivity (Wildman–Crippen MR) is 43.9 cm³/mol. The van der Waals surface area contributed by atoms with E-state index in [-0.39, 0.29) is 0 Å². The Labute approximate surface area is 70.5 Å². The normalized spacial score (nSPS) is 15.7. The van der Waals surface area contributed by atoms with Crippen LogP contribution in [0.1, 0.15) is 34.7 Å². The molecule has 0 saturated carbocycles. The number of primary amides is 1. The van der Waals surface area contributed by atoms with E-state index in [0.717, 1.165) is 30.6 Å². The molecule has 2 rings (SSSR count). The van der Waals surface area contributed by atoms with E-state index in [9.17, 15) is 4.79 Å². The minimum Gasteiger partial charge on any atom is -0.456 e. The Hall–Kier alpha value is -1.25. The molecule has 0 spiro atoms. The van der Waals surface area contributed by atoms with Gasteiger partial charge in [-0.05, 0) is 30.9 Å². The van der Waals surface area contributed by atoms with E-state index in [4.69, 9.17) is 10.2 Å². The van der Waals surface area contributed by atoms with Crippen molar-refractivity contribution in [1.82, 2.24) is 0 Å². The third kappa shape index (κ3) is 1.11. The molecule has 1 amide bonds. The molecule has 1 aromatic rings. The lowest BCUT2D eigenvalue weighted by molar-refractivity contribution is 0.0972. The third-order valence-electron chi connectivity index (χ3n) is 2.24. The van der Waals surface area contributed by atoms with E-state index >= 15 is 0 Å². The van der Waals surface area contributed by atoms with Gasteiger partial charge < -0.3 is 10.2 Å². The van der Waals surface area contributed by atoms with Crippen LogP contribution < -0.4 is 5.73 Å². The Kier molecular flexibility index (Phi) is 1.64. The average molecular weight is 165 g/mol. The molecule has 3 heteroatoms. The van der Waals surface area contributed by atoms with Crippen LogP contribution >= 0.6 is 0 Å². The first-order valence-corrected chi connectivity index (χ1v) is 4.19. The lowest BCUT2D eigenvalue weighted by atomic mass is 9.99. The van der Waals surface area contributed by atoms with Crippen LogP contribution in [0.2, 0.25) is 0 Å². The number of carbonyl (C=O) groups is 1. The Morgan fingerprint density at radius 2 is 2.17 bits per heavy atom. The molecule has 0 radical (unpaired) electrons. The minimum atomic E-state index is -0.468. The molecular weight excluding hydrogens is 154 g/mol. The first-order chi connectivity index (χ1) is 5.77. The largest absolute Gasteiger partial charge is 0.456 e. The van der Waals surface area contributed by atoms with Gasteiger partial charge in [0.15, 0.2) is 5.76 Å². The van der Waals surface area contributed by atoms with Crippen molar-refractivity contribution in [3.63, 3.8) is 0 Å². The highest BCUT2D eigenvalue weighted by Crippen LogP contribution is 2.24. The van der Waals surface area contributed by atoms with Crippen molar-refractivity contribution >= 4 is 5.91 Å².